The van der Waals surface area contributed by atoms with E-state index in [1.807, 2.05) is 19.1 Å². The molecule has 122 valence electrons. The predicted octanol–water partition coefficient (Wildman–Crippen LogP) is 1.62. The van der Waals surface area contributed by atoms with Crippen molar-refractivity contribution in [2.24, 2.45) is 0 Å². The normalized spacial score (nSPS) is 19.1. The number of amides is 1. The van der Waals surface area contributed by atoms with Crippen molar-refractivity contribution < 1.29 is 13.2 Å². The van der Waals surface area contributed by atoms with E-state index in [1.165, 1.54) is 9.75 Å². The molecule has 0 radical (unpaired) electrons. The first-order chi connectivity index (χ1) is 11.0. The molecule has 1 atom stereocenters. The Bertz CT molecular complexity index is 827. The maximum Gasteiger partial charge on any atom is 0.241 e. The van der Waals surface area contributed by atoms with Crippen LogP contribution in [0.2, 0.25) is 0 Å². The molecule has 1 aromatic carbocycles. The highest BCUT2D eigenvalue weighted by atomic mass is 32.2. The summed E-state index contributed by atoms with van der Waals surface area (Å²) in [6.07, 6.45) is 1.12. The molecule has 7 heteroatoms. The van der Waals surface area contributed by atoms with Crippen molar-refractivity contribution in [3.63, 3.8) is 0 Å². The summed E-state index contributed by atoms with van der Waals surface area (Å²) in [5, 5.41) is 2.82. The lowest BCUT2D eigenvalue weighted by molar-refractivity contribution is -0.122. The number of benzene rings is 1. The largest absolute Gasteiger partial charge is 0.354 e. The minimum absolute atomic E-state index is 0.262. The smallest absolute Gasteiger partial charge is 0.241 e. The third kappa shape index (κ3) is 3.63. The SMILES string of the molecule is Cc1ccc(CCNC(=O)[C@@H]2Cc3ccccc3S(=O)(=O)N2)s1. The Morgan fingerprint density at radius 2 is 2.09 bits per heavy atom. The number of nitrogens with one attached hydrogen (secondary N) is 2. The van der Waals surface area contributed by atoms with Crippen LogP contribution in [0.1, 0.15) is 15.3 Å². The van der Waals surface area contributed by atoms with Gasteiger partial charge in [-0.2, -0.15) is 4.72 Å². The first-order valence-electron chi connectivity index (χ1n) is 7.39. The summed E-state index contributed by atoms with van der Waals surface area (Å²) in [6, 6.07) is 10.1. The monoisotopic (exact) mass is 350 g/mol. The molecule has 2 aromatic rings. The van der Waals surface area contributed by atoms with Gasteiger partial charge in [0.1, 0.15) is 6.04 Å². The highest BCUT2D eigenvalue weighted by Crippen LogP contribution is 2.22. The van der Waals surface area contributed by atoms with Crippen molar-refractivity contribution in [3.8, 4) is 0 Å². The number of hydrogen-bond donors (Lipinski definition) is 2. The third-order valence-corrected chi connectivity index (χ3v) is 6.40. The molecular formula is C16H18N2O3S2. The van der Waals surface area contributed by atoms with E-state index in [-0.39, 0.29) is 10.8 Å². The quantitative estimate of drug-likeness (QED) is 0.880. The van der Waals surface area contributed by atoms with Gasteiger partial charge in [0, 0.05) is 16.3 Å². The summed E-state index contributed by atoms with van der Waals surface area (Å²) in [5.74, 6) is -0.281. The number of carbonyl (C=O) groups is 1. The average Bonchev–Trinajstić information content (AvgIpc) is 2.92. The van der Waals surface area contributed by atoms with Crippen molar-refractivity contribution in [3.05, 3.63) is 51.7 Å². The Morgan fingerprint density at radius 1 is 1.30 bits per heavy atom. The number of thiophene rings is 1. The van der Waals surface area contributed by atoms with E-state index in [4.69, 9.17) is 0 Å². The first-order valence-corrected chi connectivity index (χ1v) is 9.69. The van der Waals surface area contributed by atoms with E-state index < -0.39 is 16.1 Å². The molecule has 1 aliphatic rings. The number of sulfonamides is 1. The molecular weight excluding hydrogens is 332 g/mol. The van der Waals surface area contributed by atoms with Gasteiger partial charge in [0.05, 0.1) is 4.90 Å². The van der Waals surface area contributed by atoms with Gasteiger partial charge >= 0.3 is 0 Å². The fraction of sp³-hybridized carbons (Fsp3) is 0.312. The van der Waals surface area contributed by atoms with E-state index in [0.717, 1.165) is 6.42 Å². The second-order valence-corrected chi connectivity index (χ2v) is 8.59. The Labute approximate surface area is 139 Å². The molecule has 5 nitrogen and oxygen atoms in total. The van der Waals surface area contributed by atoms with Gasteiger partial charge in [0.2, 0.25) is 15.9 Å². The van der Waals surface area contributed by atoms with Crippen molar-refractivity contribution >= 4 is 27.3 Å². The molecule has 0 fully saturated rings. The van der Waals surface area contributed by atoms with Crippen LogP contribution >= 0.6 is 11.3 Å². The number of aryl methyl sites for hydroxylation is 1. The number of hydrogen-bond acceptors (Lipinski definition) is 4. The van der Waals surface area contributed by atoms with Gasteiger partial charge < -0.3 is 5.32 Å². The molecule has 1 aliphatic heterocycles. The summed E-state index contributed by atoms with van der Waals surface area (Å²) in [7, 11) is -3.62. The lowest BCUT2D eigenvalue weighted by atomic mass is 10.1. The van der Waals surface area contributed by atoms with Crippen LogP contribution in [0.3, 0.4) is 0 Å². The predicted molar refractivity (Wildman–Crippen MR) is 90.0 cm³/mol. The van der Waals surface area contributed by atoms with Crippen molar-refractivity contribution in [1.82, 2.24) is 10.0 Å². The molecule has 0 bridgehead atoms. The maximum absolute atomic E-state index is 12.3. The zero-order chi connectivity index (χ0) is 16.4. The minimum atomic E-state index is -3.62. The summed E-state index contributed by atoms with van der Waals surface area (Å²) in [6.45, 7) is 2.54. The zero-order valence-corrected chi connectivity index (χ0v) is 14.3. The summed E-state index contributed by atoms with van der Waals surface area (Å²) < 4.78 is 26.9. The molecule has 0 saturated carbocycles. The Hall–Kier alpha value is -1.70. The topological polar surface area (TPSA) is 75.3 Å². The van der Waals surface area contributed by atoms with E-state index in [2.05, 4.69) is 10.0 Å². The summed E-state index contributed by atoms with van der Waals surface area (Å²) in [5.41, 5.74) is 0.681. The lowest BCUT2D eigenvalue weighted by Crippen LogP contribution is -2.50. The van der Waals surface area contributed by atoms with Crippen molar-refractivity contribution in [2.75, 3.05) is 6.54 Å². The molecule has 2 heterocycles. The number of carbonyl (C=O) groups excluding carboxylic acids is 1. The highest BCUT2D eigenvalue weighted by molar-refractivity contribution is 7.89. The van der Waals surface area contributed by atoms with Crippen LogP contribution in [0.15, 0.2) is 41.3 Å². The van der Waals surface area contributed by atoms with Gasteiger partial charge in [-0.25, -0.2) is 8.42 Å². The minimum Gasteiger partial charge on any atom is -0.354 e. The van der Waals surface area contributed by atoms with E-state index in [1.54, 1.807) is 35.6 Å². The number of rotatable bonds is 4. The van der Waals surface area contributed by atoms with Gasteiger partial charge in [-0.15, -0.1) is 11.3 Å². The van der Waals surface area contributed by atoms with Gasteiger partial charge in [0.15, 0.2) is 0 Å². The molecule has 1 aromatic heterocycles. The van der Waals surface area contributed by atoms with Crippen LogP contribution in [-0.4, -0.2) is 26.9 Å². The standard InChI is InChI=1S/C16H18N2O3S2/c1-11-6-7-13(22-11)8-9-17-16(19)14-10-12-4-2-3-5-15(12)23(20,21)18-14/h2-7,14,18H,8-10H2,1H3,(H,17,19)/t14-/m0/s1. The molecule has 3 rings (SSSR count). The Balaban J connectivity index is 1.63. The Morgan fingerprint density at radius 3 is 2.83 bits per heavy atom. The second-order valence-electron chi connectivity index (χ2n) is 5.54. The van der Waals surface area contributed by atoms with Crippen LogP contribution in [0, 0.1) is 6.92 Å². The van der Waals surface area contributed by atoms with Crippen molar-refractivity contribution in [2.45, 2.75) is 30.7 Å². The lowest BCUT2D eigenvalue weighted by Gasteiger charge is -2.25. The van der Waals surface area contributed by atoms with Crippen LogP contribution in [-0.2, 0) is 27.7 Å². The van der Waals surface area contributed by atoms with Crippen LogP contribution in [0.4, 0.5) is 0 Å². The molecule has 23 heavy (non-hydrogen) atoms. The fourth-order valence-electron chi connectivity index (χ4n) is 2.64. The van der Waals surface area contributed by atoms with Crippen LogP contribution in [0.25, 0.3) is 0 Å². The van der Waals surface area contributed by atoms with Crippen LogP contribution < -0.4 is 10.0 Å². The van der Waals surface area contributed by atoms with Gasteiger partial charge in [0.25, 0.3) is 0 Å². The highest BCUT2D eigenvalue weighted by Gasteiger charge is 2.32. The van der Waals surface area contributed by atoms with E-state index in [9.17, 15) is 13.2 Å². The summed E-state index contributed by atoms with van der Waals surface area (Å²) >= 11 is 1.70. The van der Waals surface area contributed by atoms with Crippen molar-refractivity contribution in [1.29, 1.82) is 0 Å². The van der Waals surface area contributed by atoms with Crippen LogP contribution in [0.5, 0.6) is 0 Å². The molecule has 0 aliphatic carbocycles. The average molecular weight is 350 g/mol. The third-order valence-electron chi connectivity index (χ3n) is 3.77. The zero-order valence-electron chi connectivity index (χ0n) is 12.7. The number of fused-ring (bicyclic) bond motifs is 1. The molecule has 2 N–H and O–H groups in total. The molecule has 0 saturated heterocycles. The van der Waals surface area contributed by atoms with E-state index >= 15 is 0 Å². The van der Waals surface area contributed by atoms with E-state index in [0.29, 0.717) is 18.5 Å². The van der Waals surface area contributed by atoms with Gasteiger partial charge in [-0.05, 0) is 43.5 Å². The summed E-state index contributed by atoms with van der Waals surface area (Å²) in [4.78, 5) is 15.0. The molecule has 0 unspecified atom stereocenters. The fourth-order valence-corrected chi connectivity index (χ4v) is 4.98. The van der Waals surface area contributed by atoms with Gasteiger partial charge in [-0.3, -0.25) is 4.79 Å². The first kappa shape index (κ1) is 16.2. The molecule has 1 amide bonds. The molecule has 0 spiro atoms. The maximum atomic E-state index is 12.3. The van der Waals surface area contributed by atoms with Gasteiger partial charge in [-0.1, -0.05) is 18.2 Å². The Kier molecular flexibility index (Phi) is 4.52. The second kappa shape index (κ2) is 6.43.